The molecule has 0 fully saturated rings. The number of aryl methyl sites for hydroxylation is 1. The Morgan fingerprint density at radius 3 is 2.86 bits per heavy atom. The Balaban J connectivity index is 2.84. The molecule has 0 aliphatic heterocycles. The van der Waals surface area contributed by atoms with Crippen LogP contribution >= 0.6 is 0 Å². The van der Waals surface area contributed by atoms with Crippen molar-refractivity contribution in [1.29, 1.82) is 0 Å². The summed E-state index contributed by atoms with van der Waals surface area (Å²) in [6.45, 7) is 1.90. The van der Waals surface area contributed by atoms with Crippen LogP contribution in [0.3, 0.4) is 0 Å². The third-order valence-electron chi connectivity index (χ3n) is 1.95. The first-order valence-electron chi connectivity index (χ1n) is 4.25. The predicted octanol–water partition coefficient (Wildman–Crippen LogP) is 0.621. The lowest BCUT2D eigenvalue weighted by molar-refractivity contribution is 0.838. The molecule has 0 bridgehead atoms. The summed E-state index contributed by atoms with van der Waals surface area (Å²) in [5, 5.41) is 0. The Bertz CT molecular complexity index is 549. The highest BCUT2D eigenvalue weighted by molar-refractivity contribution is 5.71. The molecule has 0 saturated carbocycles. The van der Waals surface area contributed by atoms with Crippen LogP contribution in [0.2, 0.25) is 0 Å². The molecule has 0 spiro atoms. The van der Waals surface area contributed by atoms with Gasteiger partial charge in [0.15, 0.2) is 11.2 Å². The highest BCUT2D eigenvalue weighted by Gasteiger charge is 2.06. The average molecular weight is 190 g/mol. The normalized spacial score (nSPS) is 11.6. The van der Waals surface area contributed by atoms with E-state index in [1.807, 2.05) is 19.2 Å². The van der Waals surface area contributed by atoms with E-state index in [4.69, 9.17) is 0 Å². The molecule has 0 unspecified atom stereocenters. The number of hydrogen-bond acceptors (Lipinski definition) is 3. The van der Waals surface area contributed by atoms with Gasteiger partial charge in [-0.15, -0.1) is 0 Å². The molecule has 14 heavy (non-hydrogen) atoms. The van der Waals surface area contributed by atoms with E-state index in [9.17, 15) is 4.79 Å². The first kappa shape index (κ1) is 8.68. The molecule has 5 heteroatoms. The zero-order chi connectivity index (χ0) is 10.1. The average Bonchev–Trinajstić information content (AvgIpc) is 2.57. The molecule has 2 rings (SSSR count). The molecule has 2 aromatic heterocycles. The quantitative estimate of drug-likeness (QED) is 0.662. The van der Waals surface area contributed by atoms with Gasteiger partial charge in [0.2, 0.25) is 0 Å². The van der Waals surface area contributed by atoms with E-state index < -0.39 is 0 Å². The SMILES string of the molecule is C/C=C/n1cnc2c(=O)n(C)cnc21. The van der Waals surface area contributed by atoms with Gasteiger partial charge in [0.05, 0.1) is 6.33 Å². The fourth-order valence-electron chi connectivity index (χ4n) is 1.26. The summed E-state index contributed by atoms with van der Waals surface area (Å²) in [6, 6.07) is 0. The predicted molar refractivity (Wildman–Crippen MR) is 53.8 cm³/mol. The maximum absolute atomic E-state index is 11.6. The standard InChI is InChI=1S/C9H10N4O/c1-3-4-13-6-10-7-8(13)11-5-12(2)9(7)14/h3-6H,1-2H3/b4-3+. The van der Waals surface area contributed by atoms with E-state index in [1.54, 1.807) is 17.9 Å². The molecular weight excluding hydrogens is 180 g/mol. The van der Waals surface area contributed by atoms with Crippen molar-refractivity contribution in [2.24, 2.45) is 7.05 Å². The van der Waals surface area contributed by atoms with Crippen LogP contribution in [0.15, 0.2) is 23.5 Å². The maximum atomic E-state index is 11.6. The summed E-state index contributed by atoms with van der Waals surface area (Å²) < 4.78 is 3.13. The summed E-state index contributed by atoms with van der Waals surface area (Å²) in [6.07, 6.45) is 6.74. The van der Waals surface area contributed by atoms with E-state index in [2.05, 4.69) is 9.97 Å². The van der Waals surface area contributed by atoms with Gasteiger partial charge in [-0.3, -0.25) is 9.36 Å². The summed E-state index contributed by atoms with van der Waals surface area (Å²) in [7, 11) is 1.66. The number of aromatic nitrogens is 4. The smallest absolute Gasteiger partial charge is 0.281 e. The van der Waals surface area contributed by atoms with Crippen LogP contribution in [0.25, 0.3) is 17.4 Å². The molecule has 5 nitrogen and oxygen atoms in total. The largest absolute Gasteiger partial charge is 0.300 e. The van der Waals surface area contributed by atoms with Gasteiger partial charge in [0, 0.05) is 13.2 Å². The topological polar surface area (TPSA) is 52.7 Å². The Morgan fingerprint density at radius 1 is 1.36 bits per heavy atom. The molecule has 0 saturated heterocycles. The van der Waals surface area contributed by atoms with E-state index in [0.29, 0.717) is 11.2 Å². The number of fused-ring (bicyclic) bond motifs is 1. The Labute approximate surface area is 80.3 Å². The zero-order valence-electron chi connectivity index (χ0n) is 8.01. The Hall–Kier alpha value is -1.91. The van der Waals surface area contributed by atoms with Gasteiger partial charge in [-0.2, -0.15) is 0 Å². The van der Waals surface area contributed by atoms with Crippen molar-refractivity contribution in [1.82, 2.24) is 19.1 Å². The van der Waals surface area contributed by atoms with Crippen LogP contribution in [0.4, 0.5) is 0 Å². The van der Waals surface area contributed by atoms with Crippen LogP contribution in [0.1, 0.15) is 6.92 Å². The monoisotopic (exact) mass is 190 g/mol. The minimum Gasteiger partial charge on any atom is -0.300 e. The first-order chi connectivity index (χ1) is 6.74. The van der Waals surface area contributed by atoms with Gasteiger partial charge >= 0.3 is 0 Å². The van der Waals surface area contributed by atoms with E-state index >= 15 is 0 Å². The third kappa shape index (κ3) is 1.14. The molecule has 0 aliphatic carbocycles. The van der Waals surface area contributed by atoms with E-state index in [1.165, 1.54) is 10.9 Å². The minimum atomic E-state index is -0.127. The highest BCUT2D eigenvalue weighted by Crippen LogP contribution is 2.04. The fraction of sp³-hybridized carbons (Fsp3) is 0.222. The third-order valence-corrected chi connectivity index (χ3v) is 1.95. The van der Waals surface area contributed by atoms with Crippen molar-refractivity contribution in [3.05, 3.63) is 29.1 Å². The van der Waals surface area contributed by atoms with Gasteiger partial charge in [-0.1, -0.05) is 6.08 Å². The van der Waals surface area contributed by atoms with Gasteiger partial charge in [0.25, 0.3) is 5.56 Å². The lowest BCUT2D eigenvalue weighted by Crippen LogP contribution is -2.17. The van der Waals surface area contributed by atoms with Crippen molar-refractivity contribution in [2.75, 3.05) is 0 Å². The number of nitrogens with zero attached hydrogens (tertiary/aromatic N) is 4. The van der Waals surface area contributed by atoms with Crippen LogP contribution in [0.5, 0.6) is 0 Å². The summed E-state index contributed by atoms with van der Waals surface area (Å²) >= 11 is 0. The van der Waals surface area contributed by atoms with Crippen molar-refractivity contribution < 1.29 is 0 Å². The van der Waals surface area contributed by atoms with Crippen LogP contribution in [0, 0.1) is 0 Å². The van der Waals surface area contributed by atoms with Gasteiger partial charge in [-0.25, -0.2) is 9.97 Å². The van der Waals surface area contributed by atoms with Gasteiger partial charge in [-0.05, 0) is 6.92 Å². The highest BCUT2D eigenvalue weighted by atomic mass is 16.1. The molecule has 0 radical (unpaired) electrons. The first-order valence-corrected chi connectivity index (χ1v) is 4.25. The van der Waals surface area contributed by atoms with Crippen LogP contribution in [-0.4, -0.2) is 19.1 Å². The van der Waals surface area contributed by atoms with Crippen molar-refractivity contribution in [2.45, 2.75) is 6.92 Å². The van der Waals surface area contributed by atoms with Crippen LogP contribution in [-0.2, 0) is 7.05 Å². The number of hydrogen-bond donors (Lipinski definition) is 0. The fourth-order valence-corrected chi connectivity index (χ4v) is 1.26. The molecule has 0 atom stereocenters. The lowest BCUT2D eigenvalue weighted by Gasteiger charge is -1.96. The minimum absolute atomic E-state index is 0.127. The second kappa shape index (κ2) is 3.10. The Kier molecular flexibility index (Phi) is 1.92. The summed E-state index contributed by atoms with van der Waals surface area (Å²) in [5.41, 5.74) is 0.859. The number of allylic oxidation sites excluding steroid dienone is 1. The molecule has 0 N–H and O–H groups in total. The van der Waals surface area contributed by atoms with Crippen molar-refractivity contribution >= 4 is 17.4 Å². The molecule has 72 valence electrons. The second-order valence-electron chi connectivity index (χ2n) is 2.97. The molecule has 0 aliphatic rings. The summed E-state index contributed by atoms with van der Waals surface area (Å²) in [4.78, 5) is 19.7. The molecular formula is C9H10N4O. The van der Waals surface area contributed by atoms with Crippen molar-refractivity contribution in [3.8, 4) is 0 Å². The molecule has 2 aromatic rings. The summed E-state index contributed by atoms with van der Waals surface area (Å²) in [5.74, 6) is 0. The lowest BCUT2D eigenvalue weighted by atomic mass is 10.5. The second-order valence-corrected chi connectivity index (χ2v) is 2.97. The van der Waals surface area contributed by atoms with Gasteiger partial charge < -0.3 is 4.57 Å². The van der Waals surface area contributed by atoms with Gasteiger partial charge in [0.1, 0.15) is 6.33 Å². The van der Waals surface area contributed by atoms with E-state index in [0.717, 1.165) is 0 Å². The molecule has 0 amide bonds. The van der Waals surface area contributed by atoms with Crippen LogP contribution < -0.4 is 5.56 Å². The zero-order valence-corrected chi connectivity index (χ0v) is 8.01. The maximum Gasteiger partial charge on any atom is 0.281 e. The van der Waals surface area contributed by atoms with Crippen molar-refractivity contribution in [3.63, 3.8) is 0 Å². The van der Waals surface area contributed by atoms with E-state index in [-0.39, 0.29) is 5.56 Å². The Morgan fingerprint density at radius 2 is 2.14 bits per heavy atom. The number of imidazole rings is 1. The number of rotatable bonds is 1. The molecule has 0 aromatic carbocycles. The molecule has 2 heterocycles.